The van der Waals surface area contributed by atoms with E-state index in [0.717, 1.165) is 43.3 Å². The average Bonchev–Trinajstić information content (AvgIpc) is 3.42. The number of piperazine rings is 1. The van der Waals surface area contributed by atoms with Gasteiger partial charge in [-0.1, -0.05) is 60.7 Å². The number of carbonyl (C=O) groups is 1. The molecular formula is C32H35N3O3. The molecule has 1 aliphatic heterocycles. The number of para-hydroxylation sites is 1. The van der Waals surface area contributed by atoms with Crippen LogP contribution in [0.15, 0.2) is 95.4 Å². The summed E-state index contributed by atoms with van der Waals surface area (Å²) in [5, 5.41) is 0. The van der Waals surface area contributed by atoms with Crippen molar-refractivity contribution in [3.63, 3.8) is 0 Å². The third-order valence-electron chi connectivity index (χ3n) is 7.06. The number of rotatable bonds is 9. The number of furan rings is 1. The Morgan fingerprint density at radius 1 is 0.816 bits per heavy atom. The Bertz CT molecular complexity index is 1340. The second-order valence-electron chi connectivity index (χ2n) is 9.81. The molecule has 2 heterocycles. The molecule has 0 radical (unpaired) electrons. The summed E-state index contributed by atoms with van der Waals surface area (Å²) in [6.45, 7) is 7.22. The molecule has 1 aliphatic rings. The van der Waals surface area contributed by atoms with Crippen LogP contribution >= 0.6 is 0 Å². The molecule has 0 aliphatic carbocycles. The first kappa shape index (κ1) is 25.6. The Morgan fingerprint density at radius 2 is 1.53 bits per heavy atom. The quantitative estimate of drug-likeness (QED) is 0.287. The highest BCUT2D eigenvalue weighted by atomic mass is 16.5. The van der Waals surface area contributed by atoms with Crippen LogP contribution in [0.4, 0.5) is 5.69 Å². The van der Waals surface area contributed by atoms with Crippen molar-refractivity contribution in [1.29, 1.82) is 0 Å². The average molecular weight is 510 g/mol. The molecule has 1 aromatic heterocycles. The highest BCUT2D eigenvalue weighted by Crippen LogP contribution is 2.23. The second kappa shape index (κ2) is 12.0. The van der Waals surface area contributed by atoms with Gasteiger partial charge in [-0.25, -0.2) is 0 Å². The number of carbonyl (C=O) groups excluding carboxylic acids is 1. The van der Waals surface area contributed by atoms with Gasteiger partial charge >= 0.3 is 0 Å². The minimum absolute atomic E-state index is 0.0388. The number of benzene rings is 3. The van der Waals surface area contributed by atoms with Crippen LogP contribution < -0.4 is 9.64 Å². The van der Waals surface area contributed by atoms with Crippen molar-refractivity contribution >= 4 is 11.6 Å². The van der Waals surface area contributed by atoms with Crippen LogP contribution in [-0.2, 0) is 19.6 Å². The summed E-state index contributed by atoms with van der Waals surface area (Å²) in [5.41, 5.74) is 4.89. The van der Waals surface area contributed by atoms with Gasteiger partial charge in [0.15, 0.2) is 5.76 Å². The molecule has 1 saturated heterocycles. The number of aryl methyl sites for hydroxylation is 1. The van der Waals surface area contributed by atoms with Gasteiger partial charge in [-0.2, -0.15) is 0 Å². The lowest BCUT2D eigenvalue weighted by Gasteiger charge is -2.36. The maximum Gasteiger partial charge on any atom is 0.289 e. The number of methoxy groups -OCH3 is 1. The van der Waals surface area contributed by atoms with Crippen LogP contribution in [0, 0.1) is 6.92 Å². The molecule has 6 nitrogen and oxygen atoms in total. The van der Waals surface area contributed by atoms with E-state index < -0.39 is 0 Å². The molecule has 4 aromatic rings. The molecule has 0 spiro atoms. The topological polar surface area (TPSA) is 49.2 Å². The maximum absolute atomic E-state index is 13.2. The number of anilines is 1. The van der Waals surface area contributed by atoms with Gasteiger partial charge < -0.3 is 19.0 Å². The highest BCUT2D eigenvalue weighted by molar-refractivity contribution is 5.91. The van der Waals surface area contributed by atoms with E-state index in [9.17, 15) is 4.79 Å². The van der Waals surface area contributed by atoms with E-state index in [1.165, 1.54) is 16.8 Å². The number of hydrogen-bond donors (Lipinski definition) is 0. The lowest BCUT2D eigenvalue weighted by molar-refractivity contribution is 0.0710. The Kier molecular flexibility index (Phi) is 8.09. The van der Waals surface area contributed by atoms with Crippen molar-refractivity contribution < 1.29 is 13.9 Å². The summed E-state index contributed by atoms with van der Waals surface area (Å²) < 4.78 is 11.5. The van der Waals surface area contributed by atoms with Crippen molar-refractivity contribution in [2.75, 3.05) is 38.2 Å². The van der Waals surface area contributed by atoms with Crippen molar-refractivity contribution in [1.82, 2.24) is 9.80 Å². The molecule has 3 aromatic carbocycles. The number of hydrogen-bond acceptors (Lipinski definition) is 5. The molecule has 38 heavy (non-hydrogen) atoms. The van der Waals surface area contributed by atoms with E-state index >= 15 is 0 Å². The van der Waals surface area contributed by atoms with Gasteiger partial charge in [0.2, 0.25) is 0 Å². The molecule has 1 fully saturated rings. The minimum atomic E-state index is -0.0388. The summed E-state index contributed by atoms with van der Waals surface area (Å²) in [7, 11) is 1.69. The third-order valence-corrected chi connectivity index (χ3v) is 7.06. The standard InChI is InChI=1S/C32H35N3O3/c1-25-9-6-7-14-30(25)34-17-19-35(20-18-34)32(36)31-16-15-29(38-31)24-33(22-26-10-4-3-5-11-26)23-27-12-8-13-28(21-27)37-2/h3-16,21H,17-20,22-24H2,1-2H3. The summed E-state index contributed by atoms with van der Waals surface area (Å²) in [6, 6.07) is 30.7. The lowest BCUT2D eigenvalue weighted by atomic mass is 10.1. The van der Waals surface area contributed by atoms with Crippen molar-refractivity contribution in [2.45, 2.75) is 26.6 Å². The first-order valence-electron chi connectivity index (χ1n) is 13.2. The number of amides is 1. The van der Waals surface area contributed by atoms with Crippen LogP contribution in [0.2, 0.25) is 0 Å². The zero-order valence-electron chi connectivity index (χ0n) is 22.2. The molecule has 0 saturated carbocycles. The van der Waals surface area contributed by atoms with Gasteiger partial charge in [0, 0.05) is 45.0 Å². The first-order valence-corrected chi connectivity index (χ1v) is 13.2. The van der Waals surface area contributed by atoms with Crippen LogP contribution in [0.1, 0.15) is 33.0 Å². The number of ether oxygens (including phenoxy) is 1. The van der Waals surface area contributed by atoms with Crippen LogP contribution in [0.5, 0.6) is 5.75 Å². The summed E-state index contributed by atoms with van der Waals surface area (Å²) in [6.07, 6.45) is 0. The summed E-state index contributed by atoms with van der Waals surface area (Å²) in [5.74, 6) is 2.00. The fourth-order valence-electron chi connectivity index (χ4n) is 5.06. The molecule has 6 heteroatoms. The van der Waals surface area contributed by atoms with Gasteiger partial charge in [0.25, 0.3) is 5.91 Å². The SMILES string of the molecule is COc1cccc(CN(Cc2ccccc2)Cc2ccc(C(=O)N3CCN(c4ccccc4C)CC3)o2)c1. The molecule has 0 unspecified atom stereocenters. The molecule has 5 rings (SSSR count). The number of nitrogens with zero attached hydrogens (tertiary/aromatic N) is 3. The molecule has 0 N–H and O–H groups in total. The first-order chi connectivity index (χ1) is 18.6. The van der Waals surface area contributed by atoms with E-state index in [2.05, 4.69) is 77.4 Å². The van der Waals surface area contributed by atoms with E-state index in [-0.39, 0.29) is 5.91 Å². The second-order valence-corrected chi connectivity index (χ2v) is 9.81. The van der Waals surface area contributed by atoms with E-state index in [4.69, 9.17) is 9.15 Å². The van der Waals surface area contributed by atoms with Crippen molar-refractivity contribution in [3.05, 3.63) is 119 Å². The normalized spacial score (nSPS) is 13.7. The molecule has 0 bridgehead atoms. The van der Waals surface area contributed by atoms with Gasteiger partial charge in [-0.3, -0.25) is 9.69 Å². The minimum Gasteiger partial charge on any atom is -0.497 e. The largest absolute Gasteiger partial charge is 0.497 e. The Labute approximate surface area is 225 Å². The highest BCUT2D eigenvalue weighted by Gasteiger charge is 2.25. The van der Waals surface area contributed by atoms with E-state index in [1.54, 1.807) is 7.11 Å². The molecule has 1 amide bonds. The fourth-order valence-corrected chi connectivity index (χ4v) is 5.06. The zero-order chi connectivity index (χ0) is 26.3. The molecule has 196 valence electrons. The summed E-state index contributed by atoms with van der Waals surface area (Å²) >= 11 is 0. The lowest BCUT2D eigenvalue weighted by Crippen LogP contribution is -2.48. The van der Waals surface area contributed by atoms with Crippen LogP contribution in [-0.4, -0.2) is 49.0 Å². The maximum atomic E-state index is 13.2. The van der Waals surface area contributed by atoms with Crippen molar-refractivity contribution in [2.24, 2.45) is 0 Å². The van der Waals surface area contributed by atoms with Gasteiger partial charge in [-0.05, 0) is 53.9 Å². The summed E-state index contributed by atoms with van der Waals surface area (Å²) in [4.78, 5) is 19.8. The zero-order valence-corrected chi connectivity index (χ0v) is 22.2. The fraction of sp³-hybridized carbons (Fsp3) is 0.281. The Morgan fingerprint density at radius 3 is 2.29 bits per heavy atom. The van der Waals surface area contributed by atoms with Crippen molar-refractivity contribution in [3.8, 4) is 5.75 Å². The van der Waals surface area contributed by atoms with Crippen LogP contribution in [0.25, 0.3) is 0 Å². The van der Waals surface area contributed by atoms with E-state index in [0.29, 0.717) is 25.4 Å². The predicted molar refractivity (Wildman–Crippen MR) is 150 cm³/mol. The smallest absolute Gasteiger partial charge is 0.289 e. The molecular weight excluding hydrogens is 474 g/mol. The van der Waals surface area contributed by atoms with E-state index in [1.807, 2.05) is 35.2 Å². The Hall–Kier alpha value is -4.03. The van der Waals surface area contributed by atoms with Crippen LogP contribution in [0.3, 0.4) is 0 Å². The predicted octanol–water partition coefficient (Wildman–Crippen LogP) is 5.76. The monoisotopic (exact) mass is 509 g/mol. The van der Waals surface area contributed by atoms with Gasteiger partial charge in [0.05, 0.1) is 13.7 Å². The van der Waals surface area contributed by atoms with Gasteiger partial charge in [0.1, 0.15) is 11.5 Å². The Balaban J connectivity index is 1.24. The van der Waals surface area contributed by atoms with Gasteiger partial charge in [-0.15, -0.1) is 0 Å². The molecule has 0 atom stereocenters. The third kappa shape index (κ3) is 6.26.